The standard InChI is InChI=1S/C15H23N5S/c1-7-12-19-14(16-6)8(2)15(20-12)18-10(4)13-9(3)17-11(5)21-13/h10H,7H2,1-6H3,(H2,16,18,19,20). The second-order valence-corrected chi connectivity index (χ2v) is 6.35. The lowest BCUT2D eigenvalue weighted by Gasteiger charge is -2.17. The monoisotopic (exact) mass is 305 g/mol. The van der Waals surface area contributed by atoms with Gasteiger partial charge in [0.2, 0.25) is 0 Å². The highest BCUT2D eigenvalue weighted by molar-refractivity contribution is 7.11. The SMILES string of the molecule is CCc1nc(NC)c(C)c(NC(C)c2sc(C)nc2C)n1. The van der Waals surface area contributed by atoms with E-state index in [1.807, 2.05) is 20.9 Å². The zero-order valence-electron chi connectivity index (χ0n) is 13.5. The summed E-state index contributed by atoms with van der Waals surface area (Å²) >= 11 is 1.73. The van der Waals surface area contributed by atoms with Crippen molar-refractivity contribution in [2.24, 2.45) is 0 Å². The molecular formula is C15H23N5S. The maximum Gasteiger partial charge on any atom is 0.135 e. The van der Waals surface area contributed by atoms with E-state index in [9.17, 15) is 0 Å². The van der Waals surface area contributed by atoms with Gasteiger partial charge in [-0.2, -0.15) is 0 Å². The van der Waals surface area contributed by atoms with Crippen LogP contribution >= 0.6 is 11.3 Å². The third-order valence-electron chi connectivity index (χ3n) is 3.43. The second kappa shape index (κ2) is 6.39. The third kappa shape index (κ3) is 3.32. The first-order valence-corrected chi connectivity index (χ1v) is 8.03. The van der Waals surface area contributed by atoms with E-state index < -0.39 is 0 Å². The van der Waals surface area contributed by atoms with Crippen molar-refractivity contribution in [3.05, 3.63) is 27.0 Å². The summed E-state index contributed by atoms with van der Waals surface area (Å²) in [4.78, 5) is 14.9. The first-order chi connectivity index (χ1) is 9.96. The smallest absolute Gasteiger partial charge is 0.135 e. The zero-order valence-corrected chi connectivity index (χ0v) is 14.4. The summed E-state index contributed by atoms with van der Waals surface area (Å²) < 4.78 is 0. The highest BCUT2D eigenvalue weighted by Crippen LogP contribution is 2.29. The quantitative estimate of drug-likeness (QED) is 0.883. The lowest BCUT2D eigenvalue weighted by molar-refractivity contribution is 0.856. The normalized spacial score (nSPS) is 12.3. The number of nitrogens with one attached hydrogen (secondary N) is 2. The topological polar surface area (TPSA) is 62.7 Å². The number of rotatable bonds is 5. The fourth-order valence-electron chi connectivity index (χ4n) is 2.32. The van der Waals surface area contributed by atoms with Crippen LogP contribution in [-0.4, -0.2) is 22.0 Å². The molecular weight excluding hydrogens is 282 g/mol. The number of aromatic nitrogens is 3. The molecule has 0 saturated heterocycles. The Morgan fingerprint density at radius 1 is 1.10 bits per heavy atom. The number of hydrogen-bond acceptors (Lipinski definition) is 6. The Hall–Kier alpha value is -1.69. The van der Waals surface area contributed by atoms with Crippen LogP contribution in [0.25, 0.3) is 0 Å². The molecule has 0 radical (unpaired) electrons. The molecule has 6 heteroatoms. The van der Waals surface area contributed by atoms with Gasteiger partial charge in [-0.15, -0.1) is 11.3 Å². The number of aryl methyl sites for hydroxylation is 3. The highest BCUT2D eigenvalue weighted by atomic mass is 32.1. The summed E-state index contributed by atoms with van der Waals surface area (Å²) in [5.41, 5.74) is 2.13. The van der Waals surface area contributed by atoms with E-state index in [-0.39, 0.29) is 6.04 Å². The van der Waals surface area contributed by atoms with Gasteiger partial charge in [-0.05, 0) is 27.7 Å². The van der Waals surface area contributed by atoms with Crippen molar-refractivity contribution >= 4 is 23.0 Å². The molecule has 1 unspecified atom stereocenters. The first kappa shape index (κ1) is 15.7. The van der Waals surface area contributed by atoms with E-state index >= 15 is 0 Å². The number of nitrogens with zero attached hydrogens (tertiary/aromatic N) is 3. The summed E-state index contributed by atoms with van der Waals surface area (Å²) in [6.07, 6.45) is 0.816. The van der Waals surface area contributed by atoms with Crippen molar-refractivity contribution in [2.75, 3.05) is 17.7 Å². The van der Waals surface area contributed by atoms with E-state index in [1.54, 1.807) is 11.3 Å². The molecule has 0 aliphatic heterocycles. The molecule has 5 nitrogen and oxygen atoms in total. The van der Waals surface area contributed by atoms with Crippen LogP contribution in [0.5, 0.6) is 0 Å². The van der Waals surface area contributed by atoms with Gasteiger partial charge in [0.15, 0.2) is 0 Å². The summed E-state index contributed by atoms with van der Waals surface area (Å²) in [6, 6.07) is 0.180. The van der Waals surface area contributed by atoms with E-state index in [2.05, 4.69) is 46.4 Å². The van der Waals surface area contributed by atoms with E-state index in [4.69, 9.17) is 0 Å². The number of thiazole rings is 1. The van der Waals surface area contributed by atoms with Crippen LogP contribution in [-0.2, 0) is 6.42 Å². The zero-order chi connectivity index (χ0) is 15.6. The van der Waals surface area contributed by atoms with Crippen LogP contribution in [0.15, 0.2) is 0 Å². The largest absolute Gasteiger partial charge is 0.373 e. The lowest BCUT2D eigenvalue weighted by atomic mass is 10.2. The molecule has 0 aromatic carbocycles. The Balaban J connectivity index is 2.32. The minimum Gasteiger partial charge on any atom is -0.373 e. The number of anilines is 2. The first-order valence-electron chi connectivity index (χ1n) is 7.22. The Morgan fingerprint density at radius 3 is 2.29 bits per heavy atom. The molecule has 0 fully saturated rings. The molecule has 0 bridgehead atoms. The molecule has 0 saturated carbocycles. The molecule has 2 rings (SSSR count). The maximum atomic E-state index is 4.62. The predicted octanol–water partition coefficient (Wildman–Crippen LogP) is 3.64. The summed E-state index contributed by atoms with van der Waals surface area (Å²) in [5.74, 6) is 2.62. The molecule has 2 aromatic heterocycles. The van der Waals surface area contributed by atoms with Crippen LogP contribution in [0.2, 0.25) is 0 Å². The minimum atomic E-state index is 0.180. The van der Waals surface area contributed by atoms with Gasteiger partial charge >= 0.3 is 0 Å². The van der Waals surface area contributed by atoms with Crippen LogP contribution < -0.4 is 10.6 Å². The van der Waals surface area contributed by atoms with Gasteiger partial charge in [0, 0.05) is 23.9 Å². The Kier molecular flexibility index (Phi) is 4.77. The molecule has 2 aromatic rings. The second-order valence-electron chi connectivity index (χ2n) is 5.11. The molecule has 0 aliphatic rings. The van der Waals surface area contributed by atoms with Gasteiger partial charge < -0.3 is 10.6 Å². The molecule has 114 valence electrons. The Labute approximate surface area is 130 Å². The third-order valence-corrected chi connectivity index (χ3v) is 4.69. The molecule has 0 spiro atoms. The minimum absolute atomic E-state index is 0.180. The Bertz CT molecular complexity index is 635. The van der Waals surface area contributed by atoms with Crippen molar-refractivity contribution in [2.45, 2.75) is 47.1 Å². The summed E-state index contributed by atoms with van der Waals surface area (Å²) in [5, 5.41) is 7.75. The van der Waals surface area contributed by atoms with Crippen molar-refractivity contribution in [3.8, 4) is 0 Å². The summed E-state index contributed by atoms with van der Waals surface area (Å²) in [6.45, 7) is 10.3. The fraction of sp³-hybridized carbons (Fsp3) is 0.533. The van der Waals surface area contributed by atoms with E-state index in [1.165, 1.54) is 4.88 Å². The van der Waals surface area contributed by atoms with Crippen LogP contribution in [0, 0.1) is 20.8 Å². The molecule has 0 aliphatic carbocycles. The van der Waals surface area contributed by atoms with Crippen molar-refractivity contribution in [3.63, 3.8) is 0 Å². The van der Waals surface area contributed by atoms with Gasteiger partial charge in [-0.3, -0.25) is 0 Å². The van der Waals surface area contributed by atoms with Gasteiger partial charge in [0.1, 0.15) is 17.5 Å². The van der Waals surface area contributed by atoms with Gasteiger partial charge in [-0.1, -0.05) is 6.92 Å². The average molecular weight is 305 g/mol. The van der Waals surface area contributed by atoms with Crippen LogP contribution in [0.3, 0.4) is 0 Å². The predicted molar refractivity (Wildman–Crippen MR) is 89.3 cm³/mol. The van der Waals surface area contributed by atoms with Crippen molar-refractivity contribution in [1.82, 2.24) is 15.0 Å². The lowest BCUT2D eigenvalue weighted by Crippen LogP contribution is -2.12. The van der Waals surface area contributed by atoms with Crippen molar-refractivity contribution < 1.29 is 0 Å². The molecule has 2 heterocycles. The summed E-state index contributed by atoms with van der Waals surface area (Å²) in [7, 11) is 1.89. The van der Waals surface area contributed by atoms with Gasteiger partial charge in [0.05, 0.1) is 16.7 Å². The molecule has 0 amide bonds. The van der Waals surface area contributed by atoms with Crippen LogP contribution in [0.1, 0.15) is 46.9 Å². The Morgan fingerprint density at radius 2 is 1.76 bits per heavy atom. The fourth-order valence-corrected chi connectivity index (χ4v) is 3.25. The van der Waals surface area contributed by atoms with Gasteiger partial charge in [-0.25, -0.2) is 15.0 Å². The average Bonchev–Trinajstić information content (AvgIpc) is 2.80. The highest BCUT2D eigenvalue weighted by Gasteiger charge is 2.16. The van der Waals surface area contributed by atoms with E-state index in [0.29, 0.717) is 0 Å². The van der Waals surface area contributed by atoms with Crippen LogP contribution in [0.4, 0.5) is 11.6 Å². The molecule has 1 atom stereocenters. The van der Waals surface area contributed by atoms with Gasteiger partial charge in [0.25, 0.3) is 0 Å². The molecule has 2 N–H and O–H groups in total. The number of hydrogen-bond donors (Lipinski definition) is 2. The van der Waals surface area contributed by atoms with E-state index in [0.717, 1.165) is 40.1 Å². The molecule has 21 heavy (non-hydrogen) atoms. The van der Waals surface area contributed by atoms with Crippen molar-refractivity contribution in [1.29, 1.82) is 0 Å². The maximum absolute atomic E-state index is 4.62.